The van der Waals surface area contributed by atoms with Crippen LogP contribution in [0.5, 0.6) is 0 Å². The highest BCUT2D eigenvalue weighted by atomic mass is 32.1. The van der Waals surface area contributed by atoms with Crippen LogP contribution < -0.4 is 10.6 Å². The second-order valence-corrected chi connectivity index (χ2v) is 9.71. The van der Waals surface area contributed by atoms with Gasteiger partial charge in [0.05, 0.1) is 28.1 Å². The number of thiazole rings is 1. The van der Waals surface area contributed by atoms with E-state index in [4.69, 9.17) is 4.98 Å². The van der Waals surface area contributed by atoms with Crippen LogP contribution in [0.1, 0.15) is 17.7 Å². The van der Waals surface area contributed by atoms with Crippen molar-refractivity contribution >= 4 is 33.3 Å². The molecule has 0 spiro atoms. The van der Waals surface area contributed by atoms with E-state index in [9.17, 15) is 24.1 Å². The molecule has 188 valence electrons. The van der Waals surface area contributed by atoms with Crippen molar-refractivity contribution in [3.05, 3.63) is 59.6 Å². The molecule has 0 bridgehead atoms. The van der Waals surface area contributed by atoms with Crippen LogP contribution in [0.25, 0.3) is 20.8 Å². The van der Waals surface area contributed by atoms with Crippen LogP contribution in [-0.2, 0) is 6.54 Å². The summed E-state index contributed by atoms with van der Waals surface area (Å²) in [4.78, 5) is 17.8. The summed E-state index contributed by atoms with van der Waals surface area (Å²) >= 11 is 1.42. The Morgan fingerprint density at radius 3 is 2.56 bits per heavy atom. The van der Waals surface area contributed by atoms with Gasteiger partial charge >= 0.3 is 0 Å². The molecule has 1 saturated carbocycles. The Morgan fingerprint density at radius 1 is 1.08 bits per heavy atom. The van der Waals surface area contributed by atoms with Crippen molar-refractivity contribution in [3.63, 3.8) is 0 Å². The van der Waals surface area contributed by atoms with Gasteiger partial charge in [-0.05, 0) is 31.5 Å². The lowest BCUT2D eigenvalue weighted by Crippen LogP contribution is -2.35. The molecular weight excluding hydrogens is 490 g/mol. The molecule has 0 amide bonds. The van der Waals surface area contributed by atoms with Crippen molar-refractivity contribution in [1.29, 1.82) is 0 Å². The average molecular weight is 515 g/mol. The van der Waals surface area contributed by atoms with Gasteiger partial charge in [-0.2, -0.15) is 4.98 Å². The predicted octanol–water partition coefficient (Wildman–Crippen LogP) is 2.86. The van der Waals surface area contributed by atoms with Gasteiger partial charge in [0.25, 0.3) is 0 Å². The Balaban J connectivity index is 1.49. The standard InChI is InChI=1S/C24H24F2N6O3S/c1-11-19-18(5-6-27-11)36-23(31-19)14-9-29-24(28-8-13-15(25)3-2-4-16(13)26)32-22(14)30-17-7-12(10-33)20(34)21(17)35/h2-6,9,12,17,20-21,33-35H,7-8,10H2,1H3,(H2,28,29,30,32)/t12-,17-,20-,21+/m1/s1. The molecule has 5 rings (SSSR count). The summed E-state index contributed by atoms with van der Waals surface area (Å²) in [7, 11) is 0. The van der Waals surface area contributed by atoms with Gasteiger partial charge in [0, 0.05) is 37.0 Å². The average Bonchev–Trinajstić information content (AvgIpc) is 3.41. The highest BCUT2D eigenvalue weighted by Crippen LogP contribution is 2.36. The molecule has 1 fully saturated rings. The quantitative estimate of drug-likeness (QED) is 0.252. The Morgan fingerprint density at radius 2 is 1.86 bits per heavy atom. The normalized spacial score (nSPS) is 21.7. The predicted molar refractivity (Wildman–Crippen MR) is 131 cm³/mol. The summed E-state index contributed by atoms with van der Waals surface area (Å²) in [5, 5.41) is 36.9. The zero-order valence-corrected chi connectivity index (χ0v) is 20.0. The molecule has 5 N–H and O–H groups in total. The number of hydrogen-bond donors (Lipinski definition) is 5. The Bertz CT molecular complexity index is 1380. The number of aromatic nitrogens is 4. The summed E-state index contributed by atoms with van der Waals surface area (Å²) in [5.41, 5.74) is 1.93. The summed E-state index contributed by atoms with van der Waals surface area (Å²) in [6, 6.07) is 4.90. The number of benzene rings is 1. The topological polar surface area (TPSA) is 136 Å². The summed E-state index contributed by atoms with van der Waals surface area (Å²) in [5.74, 6) is -1.43. The molecule has 0 radical (unpaired) electrons. The number of rotatable bonds is 7. The molecule has 0 saturated heterocycles. The van der Waals surface area contributed by atoms with E-state index in [2.05, 4.69) is 25.6 Å². The lowest BCUT2D eigenvalue weighted by molar-refractivity contribution is 0.00446. The van der Waals surface area contributed by atoms with Gasteiger partial charge in [0.15, 0.2) is 0 Å². The second-order valence-electron chi connectivity index (χ2n) is 8.68. The number of fused-ring (bicyclic) bond motifs is 1. The Labute approximate surface area is 208 Å². The first kappa shape index (κ1) is 24.4. The van der Waals surface area contributed by atoms with Crippen LogP contribution in [0.4, 0.5) is 20.5 Å². The number of nitrogens with zero attached hydrogens (tertiary/aromatic N) is 4. The molecule has 0 unspecified atom stereocenters. The number of pyridine rings is 1. The Hall–Kier alpha value is -3.32. The largest absolute Gasteiger partial charge is 0.396 e. The third-order valence-corrected chi connectivity index (χ3v) is 7.41. The fourth-order valence-electron chi connectivity index (χ4n) is 4.32. The number of aliphatic hydroxyl groups excluding tert-OH is 3. The van der Waals surface area contributed by atoms with Crippen molar-refractivity contribution in [3.8, 4) is 10.6 Å². The summed E-state index contributed by atoms with van der Waals surface area (Å²) < 4.78 is 29.0. The monoisotopic (exact) mass is 514 g/mol. The molecule has 12 heteroatoms. The van der Waals surface area contributed by atoms with Gasteiger partial charge in [-0.15, -0.1) is 11.3 Å². The van der Waals surface area contributed by atoms with E-state index < -0.39 is 35.8 Å². The molecule has 1 aliphatic rings. The van der Waals surface area contributed by atoms with E-state index in [0.717, 1.165) is 15.9 Å². The van der Waals surface area contributed by atoms with Gasteiger partial charge < -0.3 is 26.0 Å². The third kappa shape index (κ3) is 4.60. The molecule has 3 aromatic heterocycles. The zero-order valence-electron chi connectivity index (χ0n) is 19.2. The minimum Gasteiger partial charge on any atom is -0.396 e. The first-order chi connectivity index (χ1) is 17.4. The maximum Gasteiger partial charge on any atom is 0.224 e. The second kappa shape index (κ2) is 9.97. The van der Waals surface area contributed by atoms with E-state index in [-0.39, 0.29) is 24.7 Å². The zero-order chi connectivity index (χ0) is 25.4. The van der Waals surface area contributed by atoms with Crippen LogP contribution in [0.3, 0.4) is 0 Å². The van der Waals surface area contributed by atoms with Crippen LogP contribution >= 0.6 is 11.3 Å². The van der Waals surface area contributed by atoms with Crippen molar-refractivity contribution in [2.75, 3.05) is 17.2 Å². The molecule has 1 aliphatic carbocycles. The first-order valence-corrected chi connectivity index (χ1v) is 12.2. The van der Waals surface area contributed by atoms with Crippen LogP contribution in [-0.4, -0.2) is 60.1 Å². The number of aryl methyl sites for hydroxylation is 1. The fourth-order valence-corrected chi connectivity index (χ4v) is 5.35. The summed E-state index contributed by atoms with van der Waals surface area (Å²) in [6.07, 6.45) is 1.34. The molecule has 1 aromatic carbocycles. The maximum absolute atomic E-state index is 14.1. The molecule has 0 aliphatic heterocycles. The van der Waals surface area contributed by atoms with Crippen molar-refractivity contribution in [1.82, 2.24) is 19.9 Å². The molecule has 4 atom stereocenters. The van der Waals surface area contributed by atoms with E-state index in [1.807, 2.05) is 13.0 Å². The lowest BCUT2D eigenvalue weighted by Gasteiger charge is -2.20. The SMILES string of the molecule is Cc1nccc2sc(-c3cnc(NCc4c(F)cccc4F)nc3N[C@@H]3C[C@H](CO)[C@@H](O)[C@H]3O)nc12. The van der Waals surface area contributed by atoms with Gasteiger partial charge in [-0.25, -0.2) is 18.7 Å². The van der Waals surface area contributed by atoms with Gasteiger partial charge in [0.1, 0.15) is 34.1 Å². The number of hydrogen-bond acceptors (Lipinski definition) is 10. The third-order valence-electron chi connectivity index (χ3n) is 6.35. The fraction of sp³-hybridized carbons (Fsp3) is 0.333. The maximum atomic E-state index is 14.1. The highest BCUT2D eigenvalue weighted by Gasteiger charge is 2.41. The highest BCUT2D eigenvalue weighted by molar-refractivity contribution is 7.21. The van der Waals surface area contributed by atoms with E-state index in [1.54, 1.807) is 6.20 Å². The van der Waals surface area contributed by atoms with E-state index in [1.165, 1.54) is 35.7 Å². The van der Waals surface area contributed by atoms with Crippen molar-refractivity contribution in [2.24, 2.45) is 5.92 Å². The minimum atomic E-state index is -1.13. The molecule has 36 heavy (non-hydrogen) atoms. The number of halogens is 2. The Kier molecular flexibility index (Phi) is 6.75. The number of anilines is 2. The molecule has 3 heterocycles. The summed E-state index contributed by atoms with van der Waals surface area (Å²) in [6.45, 7) is 1.42. The lowest BCUT2D eigenvalue weighted by atomic mass is 10.1. The minimum absolute atomic E-state index is 0.106. The molecular formula is C24H24F2N6O3S. The van der Waals surface area contributed by atoms with Gasteiger partial charge in [0.2, 0.25) is 5.95 Å². The molecule has 4 aromatic rings. The van der Waals surface area contributed by atoms with Crippen molar-refractivity contribution < 1.29 is 24.1 Å². The van der Waals surface area contributed by atoms with Crippen molar-refractivity contribution in [2.45, 2.75) is 38.1 Å². The van der Waals surface area contributed by atoms with Crippen LogP contribution in [0.2, 0.25) is 0 Å². The van der Waals surface area contributed by atoms with Crippen LogP contribution in [0, 0.1) is 24.5 Å². The smallest absolute Gasteiger partial charge is 0.224 e. The van der Waals surface area contributed by atoms with E-state index in [0.29, 0.717) is 22.8 Å². The van der Waals surface area contributed by atoms with Crippen LogP contribution in [0.15, 0.2) is 36.7 Å². The van der Waals surface area contributed by atoms with Gasteiger partial charge in [-0.3, -0.25) is 4.98 Å². The van der Waals surface area contributed by atoms with E-state index >= 15 is 0 Å². The number of aliphatic hydroxyl groups is 3. The first-order valence-electron chi connectivity index (χ1n) is 11.4. The molecule has 9 nitrogen and oxygen atoms in total. The van der Waals surface area contributed by atoms with Gasteiger partial charge in [-0.1, -0.05) is 6.07 Å². The number of nitrogens with one attached hydrogen (secondary N) is 2.